The van der Waals surface area contributed by atoms with Crippen LogP contribution in [-0.2, 0) is 16.2 Å². The molecule has 56 heavy (non-hydrogen) atoms. The monoisotopic (exact) mass is 736 g/mol. The van der Waals surface area contributed by atoms with Crippen molar-refractivity contribution in [2.24, 2.45) is 0 Å². The first-order valence-corrected chi connectivity index (χ1v) is 20.8. The second kappa shape index (κ2) is 11.7. The van der Waals surface area contributed by atoms with Gasteiger partial charge in [-0.15, -0.1) is 0 Å². The van der Waals surface area contributed by atoms with Crippen LogP contribution in [0.4, 0.5) is 0 Å². The van der Waals surface area contributed by atoms with Gasteiger partial charge in [-0.2, -0.15) is 0 Å². The van der Waals surface area contributed by atoms with Gasteiger partial charge < -0.3 is 0 Å². The number of hydrogen-bond donors (Lipinski definition) is 0. The average molecular weight is 737 g/mol. The van der Waals surface area contributed by atoms with Gasteiger partial charge >= 0.3 is 0 Å². The highest BCUT2D eigenvalue weighted by atomic mass is 32.2. The van der Waals surface area contributed by atoms with Crippen molar-refractivity contribution in [2.75, 3.05) is 0 Å². The highest BCUT2D eigenvalue weighted by Gasteiger charge is 2.52. The first kappa shape index (κ1) is 33.7. The molecule has 1 aliphatic heterocycles. The van der Waals surface area contributed by atoms with Crippen molar-refractivity contribution < 1.29 is 0 Å². The van der Waals surface area contributed by atoms with Crippen molar-refractivity contribution in [1.82, 2.24) is 0 Å². The normalized spacial score (nSPS) is 14.3. The Balaban J connectivity index is 1.17. The Morgan fingerprint density at radius 1 is 0.375 bits per heavy atom. The zero-order chi connectivity index (χ0) is 38.1. The Hall–Kier alpha value is -5.63. The van der Waals surface area contributed by atoms with Crippen LogP contribution in [0.3, 0.4) is 0 Å². The maximum atomic E-state index is 2.54. The van der Waals surface area contributed by atoms with Gasteiger partial charge in [0.15, 0.2) is 0 Å². The molecule has 0 saturated carbocycles. The minimum atomic E-state index is -0.431. The average Bonchev–Trinajstić information content (AvgIpc) is 3.67. The summed E-state index contributed by atoms with van der Waals surface area (Å²) in [4.78, 5) is 2.65. The van der Waals surface area contributed by atoms with Gasteiger partial charge in [-0.1, -0.05) is 193 Å². The second-order valence-electron chi connectivity index (χ2n) is 18.1. The van der Waals surface area contributed by atoms with Crippen molar-refractivity contribution in [1.29, 1.82) is 0 Å². The van der Waals surface area contributed by atoms with Gasteiger partial charge in [-0.05, 0) is 123 Å². The van der Waals surface area contributed by atoms with E-state index < -0.39 is 5.41 Å². The van der Waals surface area contributed by atoms with Crippen LogP contribution >= 0.6 is 11.8 Å². The van der Waals surface area contributed by atoms with Crippen molar-refractivity contribution in [3.05, 3.63) is 191 Å². The minimum Gasteiger partial charge on any atom is -0.0888 e. The third-order valence-corrected chi connectivity index (χ3v) is 14.0. The molecular formula is C55H44S. The molecule has 1 spiro atoms. The van der Waals surface area contributed by atoms with Crippen molar-refractivity contribution >= 4 is 22.5 Å². The topological polar surface area (TPSA) is 0 Å². The van der Waals surface area contributed by atoms with Crippen molar-refractivity contribution in [2.45, 2.75) is 67.6 Å². The summed E-state index contributed by atoms with van der Waals surface area (Å²) < 4.78 is 0. The van der Waals surface area contributed by atoms with E-state index in [1.54, 1.807) is 0 Å². The summed E-state index contributed by atoms with van der Waals surface area (Å²) in [6, 6.07) is 60.7. The highest BCUT2D eigenvalue weighted by molar-refractivity contribution is 7.99. The molecule has 0 radical (unpaired) electrons. The molecule has 0 unspecified atom stereocenters. The summed E-state index contributed by atoms with van der Waals surface area (Å²) >= 11 is 1.89. The molecule has 8 aromatic rings. The molecule has 0 saturated heterocycles. The molecule has 0 atom stereocenters. The largest absolute Gasteiger partial charge is 0.0888 e. The van der Waals surface area contributed by atoms with Crippen LogP contribution in [-0.4, -0.2) is 0 Å². The molecule has 0 bridgehead atoms. The van der Waals surface area contributed by atoms with E-state index in [9.17, 15) is 0 Å². The molecular weight excluding hydrogens is 693 g/mol. The highest BCUT2D eigenvalue weighted by Crippen LogP contribution is 2.65. The Morgan fingerprint density at radius 3 is 1.64 bits per heavy atom. The fourth-order valence-corrected chi connectivity index (χ4v) is 11.2. The maximum absolute atomic E-state index is 2.54. The molecule has 270 valence electrons. The quantitative estimate of drug-likeness (QED) is 0.170. The molecule has 2 aliphatic carbocycles. The van der Waals surface area contributed by atoms with E-state index in [4.69, 9.17) is 0 Å². The Bertz CT molecular complexity index is 2890. The summed E-state index contributed by atoms with van der Waals surface area (Å²) in [7, 11) is 0. The van der Waals surface area contributed by atoms with Crippen LogP contribution in [0.15, 0.2) is 168 Å². The van der Waals surface area contributed by atoms with Crippen LogP contribution in [0.1, 0.15) is 74.9 Å². The SMILES string of the molecule is CC(C)(C)c1ccc2c(c1)C1(c3cc(C(C)(C)C)ccc3-2)c2ccccc2-c2c(-c3ccccc3-c3ccc4c(c3)-c3cccc5cccc(c35)S4)cccc21. The lowest BCUT2D eigenvalue weighted by atomic mass is 9.68. The van der Waals surface area contributed by atoms with E-state index in [0.29, 0.717) is 0 Å². The van der Waals surface area contributed by atoms with E-state index in [0.717, 1.165) is 0 Å². The lowest BCUT2D eigenvalue weighted by molar-refractivity contribution is 0.586. The first-order chi connectivity index (χ1) is 27.0. The number of hydrogen-bond acceptors (Lipinski definition) is 1. The van der Waals surface area contributed by atoms with Crippen LogP contribution in [0, 0.1) is 0 Å². The van der Waals surface area contributed by atoms with E-state index >= 15 is 0 Å². The van der Waals surface area contributed by atoms with Crippen LogP contribution < -0.4 is 0 Å². The summed E-state index contributed by atoms with van der Waals surface area (Å²) in [5, 5.41) is 2.66. The third-order valence-electron chi connectivity index (χ3n) is 12.8. The Morgan fingerprint density at radius 2 is 0.946 bits per heavy atom. The first-order valence-electron chi connectivity index (χ1n) is 20.0. The molecule has 8 aromatic carbocycles. The van der Waals surface area contributed by atoms with Gasteiger partial charge in [0.05, 0.1) is 5.41 Å². The number of benzene rings is 8. The van der Waals surface area contributed by atoms with Gasteiger partial charge in [-0.25, -0.2) is 0 Å². The van der Waals surface area contributed by atoms with E-state index in [-0.39, 0.29) is 10.8 Å². The van der Waals surface area contributed by atoms with E-state index in [1.165, 1.54) is 110 Å². The standard InChI is InChI=1S/C55H44S/c1-53(2,3)35-25-27-39-40-28-26-36(54(4,5)6)32-48(40)55(47(39)31-35)45-21-10-9-18-43(45)52-41(20-13-22-46(52)55)38-17-8-7-16-37(38)34-24-29-49-44(30-34)42-19-11-14-33-15-12-23-50(56-49)51(33)42/h7-32H,1-6H3. The Labute approximate surface area is 335 Å². The van der Waals surface area contributed by atoms with Crippen LogP contribution in [0.2, 0.25) is 0 Å². The Kier molecular flexibility index (Phi) is 7.04. The molecule has 0 N–H and O–H groups in total. The molecule has 0 fully saturated rings. The maximum Gasteiger partial charge on any atom is 0.0725 e. The summed E-state index contributed by atoms with van der Waals surface area (Å²) in [6.45, 7) is 14.0. The van der Waals surface area contributed by atoms with Gasteiger partial charge in [-0.3, -0.25) is 0 Å². The fraction of sp³-hybridized carbons (Fsp3) is 0.164. The number of rotatable bonds is 2. The predicted octanol–water partition coefficient (Wildman–Crippen LogP) is 15.2. The van der Waals surface area contributed by atoms with E-state index in [1.807, 2.05) is 11.8 Å². The molecule has 11 rings (SSSR count). The summed E-state index contributed by atoms with van der Waals surface area (Å²) in [5.74, 6) is 0. The molecule has 0 nitrogen and oxygen atoms in total. The van der Waals surface area contributed by atoms with E-state index in [2.05, 4.69) is 199 Å². The predicted molar refractivity (Wildman–Crippen MR) is 238 cm³/mol. The van der Waals surface area contributed by atoms with Gasteiger partial charge in [0.1, 0.15) is 0 Å². The van der Waals surface area contributed by atoms with Crippen LogP contribution in [0.5, 0.6) is 0 Å². The molecule has 0 amide bonds. The third kappa shape index (κ3) is 4.61. The zero-order valence-electron chi connectivity index (χ0n) is 32.9. The summed E-state index contributed by atoms with van der Waals surface area (Å²) in [6.07, 6.45) is 0. The van der Waals surface area contributed by atoms with Gasteiger partial charge in [0.25, 0.3) is 0 Å². The zero-order valence-corrected chi connectivity index (χ0v) is 33.7. The summed E-state index contributed by atoms with van der Waals surface area (Å²) in [5.41, 5.74) is 21.0. The molecule has 1 heterocycles. The molecule has 0 aromatic heterocycles. The second-order valence-corrected chi connectivity index (χ2v) is 19.1. The van der Waals surface area contributed by atoms with Crippen molar-refractivity contribution in [3.8, 4) is 55.6 Å². The van der Waals surface area contributed by atoms with Gasteiger partial charge in [0, 0.05) is 15.2 Å². The van der Waals surface area contributed by atoms with Crippen molar-refractivity contribution in [3.63, 3.8) is 0 Å². The van der Waals surface area contributed by atoms with Crippen LogP contribution in [0.25, 0.3) is 66.4 Å². The lowest BCUT2D eigenvalue weighted by Gasteiger charge is -2.33. The molecule has 3 aliphatic rings. The van der Waals surface area contributed by atoms with Gasteiger partial charge in [0.2, 0.25) is 0 Å². The fourth-order valence-electron chi connectivity index (χ4n) is 10.1. The minimum absolute atomic E-state index is 0.0181. The lowest BCUT2D eigenvalue weighted by Crippen LogP contribution is -2.27. The number of fused-ring (bicyclic) bond motifs is 12. The smallest absolute Gasteiger partial charge is 0.0725 e. The molecule has 1 heteroatoms.